The van der Waals surface area contributed by atoms with Gasteiger partial charge < -0.3 is 9.88 Å². The number of aromatic nitrogens is 1. The van der Waals surface area contributed by atoms with E-state index in [0.29, 0.717) is 0 Å². The van der Waals surface area contributed by atoms with Gasteiger partial charge in [-0.15, -0.1) is 11.3 Å². The summed E-state index contributed by atoms with van der Waals surface area (Å²) >= 11 is 5.28. The molecule has 2 heterocycles. The largest absolute Gasteiger partial charge is 0.349 e. The molecule has 18 heavy (non-hydrogen) atoms. The summed E-state index contributed by atoms with van der Waals surface area (Å²) in [5.74, 6) is 0. The van der Waals surface area contributed by atoms with Crippen LogP contribution < -0.4 is 5.32 Å². The molecule has 0 aliphatic carbocycles. The number of halogens is 1. The lowest BCUT2D eigenvalue weighted by atomic mass is 10.2. The first-order chi connectivity index (χ1) is 8.61. The molecule has 0 spiro atoms. The maximum absolute atomic E-state index is 3.51. The maximum atomic E-state index is 3.51. The zero-order chi connectivity index (χ0) is 13.1. The first kappa shape index (κ1) is 13.8. The van der Waals surface area contributed by atoms with Crippen LogP contribution in [0.15, 0.2) is 22.0 Å². The monoisotopic (exact) mass is 326 g/mol. The molecule has 0 saturated carbocycles. The predicted molar refractivity (Wildman–Crippen MR) is 82.1 cm³/mol. The number of nitrogens with zero attached hydrogens (tertiary/aromatic N) is 1. The second-order valence-electron chi connectivity index (χ2n) is 4.45. The van der Waals surface area contributed by atoms with Gasteiger partial charge in [0.05, 0.1) is 3.79 Å². The standard InChI is InChI=1S/C14H19BrN2S/c1-4-17-10(2)7-12(11(17)3)8-16-9-13-5-6-14(15)18-13/h5-7,16H,4,8-9H2,1-3H3. The van der Waals surface area contributed by atoms with E-state index >= 15 is 0 Å². The van der Waals surface area contributed by atoms with Crippen LogP contribution in [-0.4, -0.2) is 4.57 Å². The molecular weight excluding hydrogens is 308 g/mol. The third-order valence-corrected chi connectivity index (χ3v) is 4.86. The van der Waals surface area contributed by atoms with Crippen molar-refractivity contribution in [2.45, 2.75) is 40.4 Å². The van der Waals surface area contributed by atoms with Gasteiger partial charge in [-0.1, -0.05) is 0 Å². The van der Waals surface area contributed by atoms with Crippen molar-refractivity contribution in [3.8, 4) is 0 Å². The third kappa shape index (κ3) is 3.05. The van der Waals surface area contributed by atoms with Crippen LogP contribution in [0.4, 0.5) is 0 Å². The van der Waals surface area contributed by atoms with Gasteiger partial charge in [0.15, 0.2) is 0 Å². The van der Waals surface area contributed by atoms with E-state index < -0.39 is 0 Å². The SMILES string of the molecule is CCn1c(C)cc(CNCc2ccc(Br)s2)c1C. The Balaban J connectivity index is 1.94. The van der Waals surface area contributed by atoms with Crippen LogP contribution in [0.5, 0.6) is 0 Å². The van der Waals surface area contributed by atoms with Crippen molar-refractivity contribution in [3.05, 3.63) is 43.8 Å². The third-order valence-electron chi connectivity index (χ3n) is 3.24. The lowest BCUT2D eigenvalue weighted by molar-refractivity contribution is 0.680. The molecule has 0 radical (unpaired) electrons. The van der Waals surface area contributed by atoms with Crippen molar-refractivity contribution in [3.63, 3.8) is 0 Å². The number of nitrogens with one attached hydrogen (secondary N) is 1. The van der Waals surface area contributed by atoms with E-state index in [4.69, 9.17) is 0 Å². The van der Waals surface area contributed by atoms with Gasteiger partial charge in [-0.2, -0.15) is 0 Å². The first-order valence-electron chi connectivity index (χ1n) is 6.22. The summed E-state index contributed by atoms with van der Waals surface area (Å²) in [7, 11) is 0. The van der Waals surface area contributed by atoms with Crippen LogP contribution in [0.25, 0.3) is 0 Å². The number of hydrogen-bond donors (Lipinski definition) is 1. The molecule has 0 saturated heterocycles. The summed E-state index contributed by atoms with van der Waals surface area (Å²) in [6.45, 7) is 9.50. The topological polar surface area (TPSA) is 17.0 Å². The number of aryl methyl sites for hydroxylation is 1. The molecule has 0 aliphatic heterocycles. The first-order valence-corrected chi connectivity index (χ1v) is 7.83. The van der Waals surface area contributed by atoms with Crippen molar-refractivity contribution in [2.75, 3.05) is 0 Å². The highest BCUT2D eigenvalue weighted by Gasteiger charge is 2.07. The Morgan fingerprint density at radius 2 is 2.06 bits per heavy atom. The lowest BCUT2D eigenvalue weighted by Gasteiger charge is -2.06. The van der Waals surface area contributed by atoms with Gasteiger partial charge in [0.1, 0.15) is 0 Å². The van der Waals surface area contributed by atoms with Crippen molar-refractivity contribution in [2.24, 2.45) is 0 Å². The van der Waals surface area contributed by atoms with E-state index in [2.05, 4.69) is 64.8 Å². The molecule has 4 heteroatoms. The Morgan fingerprint density at radius 1 is 1.28 bits per heavy atom. The van der Waals surface area contributed by atoms with Gasteiger partial charge in [0.25, 0.3) is 0 Å². The Labute approximate surface area is 121 Å². The molecule has 2 rings (SSSR count). The summed E-state index contributed by atoms with van der Waals surface area (Å²) in [6.07, 6.45) is 0. The minimum Gasteiger partial charge on any atom is -0.349 e. The Kier molecular flexibility index (Phi) is 4.65. The highest BCUT2D eigenvalue weighted by atomic mass is 79.9. The van der Waals surface area contributed by atoms with Crippen LogP contribution in [-0.2, 0) is 19.6 Å². The van der Waals surface area contributed by atoms with Crippen LogP contribution in [0.2, 0.25) is 0 Å². The molecule has 2 nitrogen and oxygen atoms in total. The van der Waals surface area contributed by atoms with Crippen LogP contribution >= 0.6 is 27.3 Å². The Bertz CT molecular complexity index is 528. The highest BCUT2D eigenvalue weighted by Crippen LogP contribution is 2.22. The van der Waals surface area contributed by atoms with Gasteiger partial charge in [0, 0.05) is 35.9 Å². The van der Waals surface area contributed by atoms with Gasteiger partial charge in [-0.25, -0.2) is 0 Å². The van der Waals surface area contributed by atoms with Gasteiger partial charge >= 0.3 is 0 Å². The molecule has 1 N–H and O–H groups in total. The molecule has 0 fully saturated rings. The zero-order valence-electron chi connectivity index (χ0n) is 11.1. The summed E-state index contributed by atoms with van der Waals surface area (Å²) in [6, 6.07) is 6.55. The molecule has 2 aromatic rings. The second kappa shape index (κ2) is 6.04. The fourth-order valence-corrected chi connectivity index (χ4v) is 3.76. The fraction of sp³-hybridized carbons (Fsp3) is 0.429. The zero-order valence-corrected chi connectivity index (χ0v) is 13.5. The van der Waals surface area contributed by atoms with Crippen LogP contribution in [0.1, 0.15) is 28.8 Å². The smallest absolute Gasteiger partial charge is 0.0701 e. The van der Waals surface area contributed by atoms with Crippen molar-refractivity contribution < 1.29 is 0 Å². The molecule has 0 amide bonds. The molecule has 0 unspecified atom stereocenters. The molecule has 0 bridgehead atoms. The predicted octanol–water partition coefficient (Wildman–Crippen LogP) is 4.24. The average Bonchev–Trinajstić information content (AvgIpc) is 2.85. The number of rotatable bonds is 5. The van der Waals surface area contributed by atoms with E-state index in [1.54, 1.807) is 11.3 Å². The van der Waals surface area contributed by atoms with E-state index in [9.17, 15) is 0 Å². The van der Waals surface area contributed by atoms with Crippen LogP contribution in [0, 0.1) is 13.8 Å². The average molecular weight is 327 g/mol. The van der Waals surface area contributed by atoms with E-state index in [1.807, 2.05) is 0 Å². The molecule has 0 aliphatic rings. The van der Waals surface area contributed by atoms with Crippen molar-refractivity contribution in [1.82, 2.24) is 9.88 Å². The van der Waals surface area contributed by atoms with E-state index in [-0.39, 0.29) is 0 Å². The second-order valence-corrected chi connectivity index (χ2v) is 7.00. The Morgan fingerprint density at radius 3 is 2.61 bits per heavy atom. The number of thiophene rings is 1. The maximum Gasteiger partial charge on any atom is 0.0701 e. The van der Waals surface area contributed by atoms with E-state index in [0.717, 1.165) is 19.6 Å². The van der Waals surface area contributed by atoms with Gasteiger partial charge in [0.2, 0.25) is 0 Å². The number of hydrogen-bond acceptors (Lipinski definition) is 2. The summed E-state index contributed by atoms with van der Waals surface area (Å²) < 4.78 is 3.56. The van der Waals surface area contributed by atoms with Gasteiger partial charge in [-0.05, 0) is 60.5 Å². The minimum atomic E-state index is 0.937. The Hall–Kier alpha value is -0.580. The van der Waals surface area contributed by atoms with E-state index in [1.165, 1.54) is 25.6 Å². The van der Waals surface area contributed by atoms with Gasteiger partial charge in [-0.3, -0.25) is 0 Å². The fourth-order valence-electron chi connectivity index (χ4n) is 2.31. The normalized spacial score (nSPS) is 11.1. The van der Waals surface area contributed by atoms with Crippen LogP contribution in [0.3, 0.4) is 0 Å². The lowest BCUT2D eigenvalue weighted by Crippen LogP contribution is -2.12. The minimum absolute atomic E-state index is 0.937. The quantitative estimate of drug-likeness (QED) is 0.869. The summed E-state index contributed by atoms with van der Waals surface area (Å²) in [5, 5.41) is 3.51. The molecule has 0 aromatic carbocycles. The van der Waals surface area contributed by atoms with Crippen molar-refractivity contribution in [1.29, 1.82) is 0 Å². The molecular formula is C14H19BrN2S. The van der Waals surface area contributed by atoms with Crippen molar-refractivity contribution >= 4 is 27.3 Å². The highest BCUT2D eigenvalue weighted by molar-refractivity contribution is 9.11. The summed E-state index contributed by atoms with van der Waals surface area (Å²) in [5.41, 5.74) is 4.14. The molecule has 0 atom stereocenters. The molecule has 2 aromatic heterocycles. The molecule has 98 valence electrons. The summed E-state index contributed by atoms with van der Waals surface area (Å²) in [4.78, 5) is 1.37.